The van der Waals surface area contributed by atoms with Gasteiger partial charge in [0, 0.05) is 31.9 Å². The monoisotopic (exact) mass is 460 g/mol. The van der Waals surface area contributed by atoms with Gasteiger partial charge in [-0.15, -0.1) is 0 Å². The summed E-state index contributed by atoms with van der Waals surface area (Å²) in [7, 11) is 1.62. The summed E-state index contributed by atoms with van der Waals surface area (Å²) in [5, 5.41) is 3.21. The van der Waals surface area contributed by atoms with Gasteiger partial charge in [-0.2, -0.15) is 0 Å². The Kier molecular flexibility index (Phi) is 6.58. The van der Waals surface area contributed by atoms with Crippen molar-refractivity contribution in [3.63, 3.8) is 0 Å². The number of hydrogen-bond acceptors (Lipinski definition) is 7. The Labute approximate surface area is 198 Å². The number of ether oxygens (including phenoxy) is 3. The third-order valence-electron chi connectivity index (χ3n) is 6.19. The summed E-state index contributed by atoms with van der Waals surface area (Å²) in [5.41, 5.74) is 2.01. The van der Waals surface area contributed by atoms with Gasteiger partial charge in [0.25, 0.3) is 0 Å². The molecule has 4 bridgehead atoms. The number of fused-ring (bicyclic) bond motifs is 5. The van der Waals surface area contributed by atoms with E-state index in [9.17, 15) is 4.79 Å². The maximum atomic E-state index is 12.9. The second kappa shape index (κ2) is 10.1. The van der Waals surface area contributed by atoms with Crippen molar-refractivity contribution in [2.75, 3.05) is 25.1 Å². The minimum atomic E-state index is -0.166. The highest BCUT2D eigenvalue weighted by molar-refractivity contribution is 5.76. The van der Waals surface area contributed by atoms with Gasteiger partial charge < -0.3 is 24.4 Å². The van der Waals surface area contributed by atoms with Gasteiger partial charge in [-0.3, -0.25) is 4.79 Å². The minimum absolute atomic E-state index is 0.0110. The number of carbonyl (C=O) groups excluding carboxylic acids is 1. The van der Waals surface area contributed by atoms with Crippen LogP contribution < -0.4 is 19.7 Å². The lowest BCUT2D eigenvalue weighted by atomic mass is 10.0. The van der Waals surface area contributed by atoms with Gasteiger partial charge in [-0.25, -0.2) is 9.97 Å². The van der Waals surface area contributed by atoms with Crippen LogP contribution in [-0.4, -0.2) is 48.2 Å². The number of aryl methyl sites for hydroxylation is 1. The zero-order chi connectivity index (χ0) is 23.3. The minimum Gasteiger partial charge on any atom is -0.493 e. The van der Waals surface area contributed by atoms with Crippen LogP contribution in [0.2, 0.25) is 0 Å². The predicted molar refractivity (Wildman–Crippen MR) is 127 cm³/mol. The van der Waals surface area contributed by atoms with Crippen molar-refractivity contribution in [2.45, 2.75) is 38.0 Å². The lowest BCUT2D eigenvalue weighted by Gasteiger charge is -2.38. The summed E-state index contributed by atoms with van der Waals surface area (Å²) in [6.07, 6.45) is 5.08. The van der Waals surface area contributed by atoms with Gasteiger partial charge in [0.1, 0.15) is 5.75 Å². The highest BCUT2D eigenvalue weighted by atomic mass is 16.5. The van der Waals surface area contributed by atoms with Crippen LogP contribution in [0, 0.1) is 0 Å². The fourth-order valence-electron chi connectivity index (χ4n) is 4.43. The van der Waals surface area contributed by atoms with Gasteiger partial charge in [0.2, 0.25) is 11.9 Å². The Morgan fingerprint density at radius 3 is 2.79 bits per heavy atom. The number of piperidine rings is 1. The molecule has 1 aromatic heterocycles. The lowest BCUT2D eigenvalue weighted by Crippen LogP contribution is -2.56. The average molecular weight is 461 g/mol. The molecular formula is C26H28N4O4. The summed E-state index contributed by atoms with van der Waals surface area (Å²) < 4.78 is 17.9. The molecule has 0 aliphatic carbocycles. The number of benzene rings is 2. The molecule has 2 atom stereocenters. The van der Waals surface area contributed by atoms with Crippen molar-refractivity contribution >= 4 is 11.9 Å². The molecule has 2 aliphatic rings. The van der Waals surface area contributed by atoms with E-state index in [1.165, 1.54) is 0 Å². The van der Waals surface area contributed by atoms with Gasteiger partial charge in [-0.1, -0.05) is 18.2 Å². The summed E-state index contributed by atoms with van der Waals surface area (Å²) >= 11 is 0. The molecule has 0 unspecified atom stereocenters. The van der Waals surface area contributed by atoms with Crippen molar-refractivity contribution in [1.29, 1.82) is 0 Å². The Hall–Kier alpha value is -3.65. The number of methoxy groups -OCH3 is 1. The van der Waals surface area contributed by atoms with E-state index in [-0.39, 0.29) is 18.1 Å². The van der Waals surface area contributed by atoms with Crippen molar-refractivity contribution < 1.29 is 19.0 Å². The van der Waals surface area contributed by atoms with Crippen molar-refractivity contribution in [3.8, 4) is 17.2 Å². The third-order valence-corrected chi connectivity index (χ3v) is 6.19. The highest BCUT2D eigenvalue weighted by Gasteiger charge is 2.32. The van der Waals surface area contributed by atoms with Crippen molar-refractivity contribution in [2.24, 2.45) is 0 Å². The lowest BCUT2D eigenvalue weighted by molar-refractivity contribution is -0.123. The number of nitrogens with zero attached hydrogens (tertiary/aromatic N) is 3. The summed E-state index contributed by atoms with van der Waals surface area (Å²) in [6.45, 7) is 1.78. The molecule has 8 nitrogen and oxygen atoms in total. The number of nitrogens with one attached hydrogen (secondary N) is 1. The van der Waals surface area contributed by atoms with Gasteiger partial charge >= 0.3 is 0 Å². The molecule has 34 heavy (non-hydrogen) atoms. The van der Waals surface area contributed by atoms with Crippen molar-refractivity contribution in [3.05, 3.63) is 72.1 Å². The fraction of sp³-hybridized carbons (Fsp3) is 0.346. The maximum Gasteiger partial charge on any atom is 0.225 e. The van der Waals surface area contributed by atoms with E-state index in [2.05, 4.69) is 20.2 Å². The second-order valence-electron chi connectivity index (χ2n) is 8.54. The molecule has 176 valence electrons. The maximum absolute atomic E-state index is 12.9. The normalized spacial score (nSPS) is 20.7. The molecule has 3 heterocycles. The number of carbonyl (C=O) groups is 1. The number of rotatable bonds is 2. The van der Waals surface area contributed by atoms with E-state index in [1.807, 2.05) is 42.5 Å². The van der Waals surface area contributed by atoms with Crippen LogP contribution in [0.3, 0.4) is 0 Å². The average Bonchev–Trinajstić information content (AvgIpc) is 2.87. The molecule has 1 fully saturated rings. The largest absolute Gasteiger partial charge is 0.493 e. The Morgan fingerprint density at radius 2 is 1.94 bits per heavy atom. The van der Waals surface area contributed by atoms with E-state index < -0.39 is 0 Å². The SMILES string of the molecule is COc1ccc2cc1Oc1cccc(c1)CO[C@@H]1CCN(c3ncccn3)C[C@@H]1NC(=O)CC2. The number of anilines is 1. The van der Waals surface area contributed by atoms with Crippen LogP contribution >= 0.6 is 0 Å². The molecule has 0 radical (unpaired) electrons. The zero-order valence-electron chi connectivity index (χ0n) is 19.1. The molecule has 0 saturated carbocycles. The summed E-state index contributed by atoms with van der Waals surface area (Å²) in [6, 6.07) is 15.3. The molecule has 1 saturated heterocycles. The second-order valence-corrected chi connectivity index (χ2v) is 8.54. The Morgan fingerprint density at radius 1 is 1.06 bits per heavy atom. The molecule has 3 aromatic rings. The quantitative estimate of drug-likeness (QED) is 0.626. The fourth-order valence-corrected chi connectivity index (χ4v) is 4.43. The van der Waals surface area contributed by atoms with Crippen LogP contribution in [-0.2, 0) is 22.6 Å². The van der Waals surface area contributed by atoms with Crippen LogP contribution in [0.5, 0.6) is 17.2 Å². The first-order chi connectivity index (χ1) is 16.7. The highest BCUT2D eigenvalue weighted by Crippen LogP contribution is 2.33. The molecule has 1 amide bonds. The standard InChI is InChI=1S/C26H28N4O4/c1-32-23-8-6-18-7-9-25(31)29-21-16-30(26-27-11-3-12-28-26)13-10-22(21)33-17-19-4-2-5-20(14-19)34-24(23)15-18/h2-6,8,11-12,14-15,21-22H,7,9-10,13,16-17H2,1H3,(H,29,31)/t21-,22+/m0/s1. The molecular weight excluding hydrogens is 432 g/mol. The predicted octanol–water partition coefficient (Wildman–Crippen LogP) is 3.50. The van der Waals surface area contributed by atoms with Gasteiger partial charge in [0.15, 0.2) is 11.5 Å². The zero-order valence-corrected chi connectivity index (χ0v) is 19.1. The molecule has 1 N–H and O–H groups in total. The molecule has 2 aliphatic heterocycles. The van der Waals surface area contributed by atoms with E-state index in [4.69, 9.17) is 14.2 Å². The Balaban J connectivity index is 1.41. The molecule has 5 rings (SSSR count). The van der Waals surface area contributed by atoms with Gasteiger partial charge in [0.05, 0.1) is 25.9 Å². The Bertz CT molecular complexity index is 1140. The smallest absolute Gasteiger partial charge is 0.225 e. The first-order valence-electron chi connectivity index (χ1n) is 11.5. The summed E-state index contributed by atoms with van der Waals surface area (Å²) in [4.78, 5) is 23.8. The first kappa shape index (κ1) is 22.2. The topological polar surface area (TPSA) is 85.8 Å². The number of aromatic nitrogens is 2. The first-order valence-corrected chi connectivity index (χ1v) is 11.5. The van der Waals surface area contributed by atoms with E-state index in [0.717, 1.165) is 24.1 Å². The van der Waals surface area contributed by atoms with Crippen LogP contribution in [0.15, 0.2) is 60.9 Å². The molecule has 2 aromatic carbocycles. The number of amides is 1. The van der Waals surface area contributed by atoms with E-state index >= 15 is 0 Å². The van der Waals surface area contributed by atoms with Gasteiger partial charge in [-0.05, 0) is 54.3 Å². The van der Waals surface area contributed by atoms with E-state index in [0.29, 0.717) is 49.2 Å². The molecule has 8 heteroatoms. The van der Waals surface area contributed by atoms with E-state index in [1.54, 1.807) is 25.6 Å². The van der Waals surface area contributed by atoms with Crippen LogP contribution in [0.1, 0.15) is 24.0 Å². The van der Waals surface area contributed by atoms with Crippen LogP contribution in [0.25, 0.3) is 0 Å². The third kappa shape index (κ3) is 5.12. The van der Waals surface area contributed by atoms with Crippen LogP contribution in [0.4, 0.5) is 5.95 Å². The molecule has 0 spiro atoms. The number of hydrogen-bond donors (Lipinski definition) is 1. The summed E-state index contributed by atoms with van der Waals surface area (Å²) in [5.74, 6) is 2.65. The van der Waals surface area contributed by atoms with Crippen molar-refractivity contribution in [1.82, 2.24) is 15.3 Å².